The van der Waals surface area contributed by atoms with Crippen LogP contribution in [0.1, 0.15) is 43.5 Å². The number of aliphatic carboxylic acids is 1. The predicted octanol–water partition coefficient (Wildman–Crippen LogP) is 2.36. The molecule has 0 aliphatic heterocycles. The maximum atomic E-state index is 12.6. The number of hydrogen-bond acceptors (Lipinski definition) is 3. The Kier molecular flexibility index (Phi) is 4.30. The zero-order valence-corrected chi connectivity index (χ0v) is 13.9. The highest BCUT2D eigenvalue weighted by Gasteiger charge is 2.40. The van der Waals surface area contributed by atoms with Crippen LogP contribution in [-0.2, 0) is 9.59 Å². The normalized spacial score (nSPS) is 23.2. The molecular formula is C18H22N2O4. The van der Waals surface area contributed by atoms with Crippen LogP contribution in [0, 0.1) is 11.8 Å². The van der Waals surface area contributed by atoms with Crippen LogP contribution in [0.25, 0.3) is 0 Å². The first kappa shape index (κ1) is 16.5. The van der Waals surface area contributed by atoms with E-state index in [1.54, 1.807) is 24.3 Å². The van der Waals surface area contributed by atoms with Gasteiger partial charge in [-0.1, -0.05) is 6.92 Å². The third-order valence-electron chi connectivity index (χ3n) is 4.80. The summed E-state index contributed by atoms with van der Waals surface area (Å²) in [5.41, 5.74) is 1.09. The smallest absolute Gasteiger partial charge is 0.326 e. The molecule has 1 aromatic carbocycles. The molecular weight excluding hydrogens is 308 g/mol. The lowest BCUT2D eigenvalue weighted by Crippen LogP contribution is -2.44. The highest BCUT2D eigenvalue weighted by atomic mass is 16.4. The Morgan fingerprint density at radius 2 is 1.79 bits per heavy atom. The molecule has 0 heterocycles. The monoisotopic (exact) mass is 330 g/mol. The van der Waals surface area contributed by atoms with E-state index in [4.69, 9.17) is 0 Å². The average Bonchev–Trinajstić information content (AvgIpc) is 3.45. The van der Waals surface area contributed by atoms with Gasteiger partial charge in [0.15, 0.2) is 0 Å². The van der Waals surface area contributed by atoms with Crippen molar-refractivity contribution in [1.29, 1.82) is 0 Å². The van der Waals surface area contributed by atoms with Gasteiger partial charge in [0.25, 0.3) is 5.91 Å². The van der Waals surface area contributed by atoms with Crippen molar-refractivity contribution in [2.24, 2.45) is 11.8 Å². The topological polar surface area (TPSA) is 86.7 Å². The molecule has 3 atom stereocenters. The number of carboxylic acid groups (broad SMARTS) is 1. The number of hydrogen-bond donors (Lipinski definition) is 2. The van der Waals surface area contributed by atoms with Crippen molar-refractivity contribution in [3.05, 3.63) is 29.8 Å². The summed E-state index contributed by atoms with van der Waals surface area (Å²) in [5, 5.41) is 12.1. The molecule has 3 rings (SSSR count). The molecule has 24 heavy (non-hydrogen) atoms. The lowest BCUT2D eigenvalue weighted by molar-refractivity contribution is -0.141. The summed E-state index contributed by atoms with van der Waals surface area (Å²) < 4.78 is 0. The van der Waals surface area contributed by atoms with Gasteiger partial charge in [0.05, 0.1) is 0 Å². The van der Waals surface area contributed by atoms with Gasteiger partial charge in [-0.05, 0) is 56.4 Å². The van der Waals surface area contributed by atoms with Crippen LogP contribution >= 0.6 is 0 Å². The molecule has 2 aliphatic carbocycles. The van der Waals surface area contributed by atoms with Crippen LogP contribution in [0.3, 0.4) is 0 Å². The summed E-state index contributed by atoms with van der Waals surface area (Å²) in [5.74, 6) is -0.733. The van der Waals surface area contributed by atoms with E-state index in [2.05, 4.69) is 5.32 Å². The van der Waals surface area contributed by atoms with Crippen molar-refractivity contribution in [3.8, 4) is 0 Å². The van der Waals surface area contributed by atoms with Crippen LogP contribution in [-0.4, -0.2) is 39.9 Å². The lowest BCUT2D eigenvalue weighted by atomic mass is 10.1. The second-order valence-corrected chi connectivity index (χ2v) is 6.84. The number of nitrogens with zero attached hydrogens (tertiary/aromatic N) is 1. The molecule has 2 N–H and O–H groups in total. The second-order valence-electron chi connectivity index (χ2n) is 6.84. The zero-order chi connectivity index (χ0) is 17.4. The molecule has 0 spiro atoms. The SMILES string of the molecule is CC1CC1C(=O)Nc1ccc(C(=O)N(C2CC2)C(C)C(=O)O)cc1. The number of amides is 2. The highest BCUT2D eigenvalue weighted by molar-refractivity contribution is 5.98. The van der Waals surface area contributed by atoms with Gasteiger partial charge in [-0.2, -0.15) is 0 Å². The van der Waals surface area contributed by atoms with E-state index in [0.717, 1.165) is 19.3 Å². The number of carbonyl (C=O) groups excluding carboxylic acids is 2. The summed E-state index contributed by atoms with van der Waals surface area (Å²) in [6.07, 6.45) is 2.61. The van der Waals surface area contributed by atoms with Crippen molar-refractivity contribution in [1.82, 2.24) is 4.90 Å². The molecule has 6 heteroatoms. The fourth-order valence-electron chi connectivity index (χ4n) is 2.90. The minimum atomic E-state index is -1.00. The maximum absolute atomic E-state index is 12.6. The Hall–Kier alpha value is -2.37. The van der Waals surface area contributed by atoms with Crippen molar-refractivity contribution in [3.63, 3.8) is 0 Å². The third kappa shape index (κ3) is 3.42. The fraction of sp³-hybridized carbons (Fsp3) is 0.500. The number of carbonyl (C=O) groups is 3. The minimum Gasteiger partial charge on any atom is -0.480 e. The average molecular weight is 330 g/mol. The van der Waals surface area contributed by atoms with E-state index in [1.807, 2.05) is 6.92 Å². The molecule has 3 unspecified atom stereocenters. The Labute approximate surface area is 140 Å². The van der Waals surface area contributed by atoms with E-state index in [9.17, 15) is 19.5 Å². The number of benzene rings is 1. The largest absolute Gasteiger partial charge is 0.480 e. The van der Waals surface area contributed by atoms with Crippen molar-refractivity contribution in [2.45, 2.75) is 45.2 Å². The zero-order valence-electron chi connectivity index (χ0n) is 13.9. The summed E-state index contributed by atoms with van der Waals surface area (Å²) >= 11 is 0. The maximum Gasteiger partial charge on any atom is 0.326 e. The van der Waals surface area contributed by atoms with Crippen LogP contribution in [0.4, 0.5) is 5.69 Å². The van der Waals surface area contributed by atoms with Gasteiger partial charge >= 0.3 is 5.97 Å². The van der Waals surface area contributed by atoms with E-state index in [-0.39, 0.29) is 23.8 Å². The summed E-state index contributed by atoms with van der Waals surface area (Å²) in [4.78, 5) is 37.2. The first-order chi connectivity index (χ1) is 11.4. The fourth-order valence-corrected chi connectivity index (χ4v) is 2.90. The predicted molar refractivity (Wildman–Crippen MR) is 88.6 cm³/mol. The quantitative estimate of drug-likeness (QED) is 0.838. The van der Waals surface area contributed by atoms with Crippen LogP contribution in [0.15, 0.2) is 24.3 Å². The molecule has 0 bridgehead atoms. The summed E-state index contributed by atoms with van der Waals surface area (Å²) in [7, 11) is 0. The third-order valence-corrected chi connectivity index (χ3v) is 4.80. The van der Waals surface area contributed by atoms with Gasteiger partial charge in [-0.15, -0.1) is 0 Å². The van der Waals surface area contributed by atoms with Crippen LogP contribution in [0.2, 0.25) is 0 Å². The number of anilines is 1. The van der Waals surface area contributed by atoms with Gasteiger partial charge < -0.3 is 15.3 Å². The lowest BCUT2D eigenvalue weighted by Gasteiger charge is -2.26. The van der Waals surface area contributed by atoms with Crippen LogP contribution in [0.5, 0.6) is 0 Å². The summed E-state index contributed by atoms with van der Waals surface area (Å²) in [6, 6.07) is 5.82. The molecule has 2 saturated carbocycles. The van der Waals surface area contributed by atoms with Gasteiger partial charge in [-0.25, -0.2) is 4.79 Å². The minimum absolute atomic E-state index is 0.0133. The van der Waals surface area contributed by atoms with E-state index in [0.29, 0.717) is 17.2 Å². The molecule has 2 amide bonds. The Morgan fingerprint density at radius 3 is 2.25 bits per heavy atom. The van der Waals surface area contributed by atoms with Gasteiger partial charge in [0, 0.05) is 23.2 Å². The van der Waals surface area contributed by atoms with E-state index < -0.39 is 12.0 Å². The number of carboxylic acids is 1. The van der Waals surface area contributed by atoms with E-state index >= 15 is 0 Å². The summed E-state index contributed by atoms with van der Waals surface area (Å²) in [6.45, 7) is 3.58. The molecule has 2 aliphatic rings. The first-order valence-electron chi connectivity index (χ1n) is 8.35. The molecule has 2 fully saturated rings. The molecule has 6 nitrogen and oxygen atoms in total. The van der Waals surface area contributed by atoms with Crippen molar-refractivity contribution < 1.29 is 19.5 Å². The standard InChI is InChI=1S/C18H22N2O4/c1-10-9-15(10)16(21)19-13-5-3-12(4-6-13)17(22)20(14-7-8-14)11(2)18(23)24/h3-6,10-11,14-15H,7-9H2,1-2H3,(H,19,21)(H,23,24). The second kappa shape index (κ2) is 6.26. The molecule has 0 aromatic heterocycles. The van der Waals surface area contributed by atoms with E-state index in [1.165, 1.54) is 11.8 Å². The Morgan fingerprint density at radius 1 is 1.21 bits per heavy atom. The van der Waals surface area contributed by atoms with Gasteiger partial charge in [0.1, 0.15) is 6.04 Å². The first-order valence-corrected chi connectivity index (χ1v) is 8.35. The molecule has 0 saturated heterocycles. The molecule has 1 aromatic rings. The van der Waals surface area contributed by atoms with Gasteiger partial charge in [0.2, 0.25) is 5.91 Å². The Bertz CT molecular complexity index is 666. The van der Waals surface area contributed by atoms with Crippen molar-refractivity contribution >= 4 is 23.5 Å². The molecule has 0 radical (unpaired) electrons. The molecule has 128 valence electrons. The van der Waals surface area contributed by atoms with Crippen LogP contribution < -0.4 is 5.32 Å². The number of nitrogens with one attached hydrogen (secondary N) is 1. The highest BCUT2D eigenvalue weighted by Crippen LogP contribution is 2.38. The Balaban J connectivity index is 1.68. The number of rotatable bonds is 6. The van der Waals surface area contributed by atoms with Crippen molar-refractivity contribution in [2.75, 3.05) is 5.32 Å². The van der Waals surface area contributed by atoms with Gasteiger partial charge in [-0.3, -0.25) is 9.59 Å².